The minimum Gasteiger partial charge on any atom is -0.456 e. The van der Waals surface area contributed by atoms with Crippen LogP contribution < -0.4 is 5.73 Å². The Kier molecular flexibility index (Phi) is 3.43. The highest BCUT2D eigenvalue weighted by Gasteiger charge is 2.17. The number of furan rings is 1. The molecular formula is C16H12F3NO. The van der Waals surface area contributed by atoms with E-state index in [9.17, 15) is 13.2 Å². The first-order valence-corrected chi connectivity index (χ1v) is 6.42. The summed E-state index contributed by atoms with van der Waals surface area (Å²) in [5, 5.41) is 0.583. The molecule has 1 aromatic heterocycles. The lowest BCUT2D eigenvalue weighted by Gasteiger charge is -2.09. The Morgan fingerprint density at radius 3 is 2.48 bits per heavy atom. The Bertz CT molecular complexity index is 797. The first kappa shape index (κ1) is 13.7. The van der Waals surface area contributed by atoms with Crippen LogP contribution in [0.25, 0.3) is 11.0 Å². The van der Waals surface area contributed by atoms with Crippen LogP contribution in [0.5, 0.6) is 0 Å². The highest BCUT2D eigenvalue weighted by molar-refractivity contribution is 5.78. The monoisotopic (exact) mass is 291 g/mol. The van der Waals surface area contributed by atoms with Gasteiger partial charge in [-0.15, -0.1) is 0 Å². The van der Waals surface area contributed by atoms with E-state index in [1.54, 1.807) is 18.2 Å². The molecule has 0 spiro atoms. The number of hydrogen-bond acceptors (Lipinski definition) is 2. The van der Waals surface area contributed by atoms with Crippen LogP contribution in [0.2, 0.25) is 0 Å². The summed E-state index contributed by atoms with van der Waals surface area (Å²) >= 11 is 0. The van der Waals surface area contributed by atoms with Crippen molar-refractivity contribution in [2.75, 3.05) is 0 Å². The largest absolute Gasteiger partial charge is 0.456 e. The van der Waals surface area contributed by atoms with Gasteiger partial charge in [-0.25, -0.2) is 13.2 Å². The molecule has 3 aromatic rings. The zero-order valence-electron chi connectivity index (χ0n) is 10.9. The van der Waals surface area contributed by atoms with E-state index in [4.69, 9.17) is 10.2 Å². The number of halogens is 3. The summed E-state index contributed by atoms with van der Waals surface area (Å²) < 4.78 is 45.7. The van der Waals surface area contributed by atoms with Crippen LogP contribution >= 0.6 is 0 Å². The van der Waals surface area contributed by atoms with Gasteiger partial charge in [-0.1, -0.05) is 24.3 Å². The van der Waals surface area contributed by atoms with Gasteiger partial charge in [0.1, 0.15) is 5.76 Å². The quantitative estimate of drug-likeness (QED) is 0.789. The number of fused-ring (bicyclic) bond motifs is 1. The molecule has 2 nitrogen and oxygen atoms in total. The summed E-state index contributed by atoms with van der Waals surface area (Å²) in [6.07, 6.45) is 0.0605. The topological polar surface area (TPSA) is 39.2 Å². The molecule has 108 valence electrons. The first-order chi connectivity index (χ1) is 10.1. The Labute approximate surface area is 119 Å². The third kappa shape index (κ3) is 2.52. The third-order valence-electron chi connectivity index (χ3n) is 3.35. The molecule has 3 rings (SSSR count). The summed E-state index contributed by atoms with van der Waals surface area (Å²) in [5.41, 5.74) is 6.22. The maximum Gasteiger partial charge on any atom is 0.169 e. The van der Waals surface area contributed by atoms with Crippen molar-refractivity contribution in [2.24, 2.45) is 5.73 Å². The summed E-state index contributed by atoms with van der Waals surface area (Å²) in [5.74, 6) is -1.99. The Morgan fingerprint density at radius 2 is 1.71 bits per heavy atom. The molecule has 21 heavy (non-hydrogen) atoms. The van der Waals surface area contributed by atoms with Crippen molar-refractivity contribution in [3.05, 3.63) is 71.2 Å². The lowest BCUT2D eigenvalue weighted by molar-refractivity contribution is 0.463. The van der Waals surface area contributed by atoms with E-state index in [-0.39, 0.29) is 17.6 Å². The molecule has 0 bridgehead atoms. The normalized spacial score (nSPS) is 12.8. The van der Waals surface area contributed by atoms with Gasteiger partial charge in [-0.2, -0.15) is 0 Å². The third-order valence-corrected chi connectivity index (χ3v) is 3.35. The van der Waals surface area contributed by atoms with E-state index >= 15 is 0 Å². The summed E-state index contributed by atoms with van der Waals surface area (Å²) in [6.45, 7) is 0. The van der Waals surface area contributed by atoms with E-state index < -0.39 is 23.5 Å². The zero-order valence-corrected chi connectivity index (χ0v) is 10.9. The zero-order chi connectivity index (χ0) is 15.0. The molecule has 0 aliphatic heterocycles. The van der Waals surface area contributed by atoms with E-state index in [1.807, 2.05) is 0 Å². The van der Waals surface area contributed by atoms with Gasteiger partial charge in [0, 0.05) is 5.39 Å². The van der Waals surface area contributed by atoms with Crippen LogP contribution in [0.4, 0.5) is 13.2 Å². The molecule has 0 amide bonds. The fraction of sp³-hybridized carbons (Fsp3) is 0.125. The van der Waals surface area contributed by atoms with Crippen molar-refractivity contribution < 1.29 is 17.6 Å². The summed E-state index contributed by atoms with van der Waals surface area (Å²) in [6, 6.07) is 9.39. The molecule has 5 heteroatoms. The standard InChI is InChI=1S/C16H12F3NO/c17-11-5-1-3-9(15(11)19)7-13(20)14-8-10-4-2-6-12(18)16(10)21-14/h1-6,8,13H,7,20H2. The Morgan fingerprint density at radius 1 is 1.00 bits per heavy atom. The van der Waals surface area contributed by atoms with Gasteiger partial charge < -0.3 is 10.2 Å². The molecule has 0 saturated heterocycles. The molecule has 0 saturated carbocycles. The number of rotatable bonds is 3. The lowest BCUT2D eigenvalue weighted by Crippen LogP contribution is -2.13. The minimum atomic E-state index is -0.921. The maximum atomic E-state index is 13.6. The van der Waals surface area contributed by atoms with E-state index in [2.05, 4.69) is 0 Å². The molecule has 1 atom stereocenters. The average Bonchev–Trinajstić information content (AvgIpc) is 2.89. The van der Waals surface area contributed by atoms with Crippen molar-refractivity contribution in [3.63, 3.8) is 0 Å². The molecule has 0 fully saturated rings. The predicted octanol–water partition coefficient (Wildman–Crippen LogP) is 4.09. The fourth-order valence-electron chi connectivity index (χ4n) is 2.27. The van der Waals surface area contributed by atoms with E-state index in [0.29, 0.717) is 11.1 Å². The highest BCUT2D eigenvalue weighted by Crippen LogP contribution is 2.27. The van der Waals surface area contributed by atoms with Crippen LogP contribution in [0, 0.1) is 17.5 Å². The molecule has 2 N–H and O–H groups in total. The van der Waals surface area contributed by atoms with Gasteiger partial charge in [0.2, 0.25) is 0 Å². The van der Waals surface area contributed by atoms with Crippen molar-refractivity contribution in [2.45, 2.75) is 12.5 Å². The average molecular weight is 291 g/mol. The SMILES string of the molecule is NC(Cc1cccc(F)c1F)c1cc2cccc(F)c2o1. The van der Waals surface area contributed by atoms with Gasteiger partial charge in [-0.3, -0.25) is 0 Å². The second-order valence-electron chi connectivity index (χ2n) is 4.83. The fourth-order valence-corrected chi connectivity index (χ4v) is 2.27. The molecule has 0 aliphatic rings. The number of benzene rings is 2. The van der Waals surface area contributed by atoms with Crippen LogP contribution in [-0.4, -0.2) is 0 Å². The van der Waals surface area contributed by atoms with Gasteiger partial charge in [0.25, 0.3) is 0 Å². The predicted molar refractivity (Wildman–Crippen MR) is 73.2 cm³/mol. The highest BCUT2D eigenvalue weighted by atomic mass is 19.2. The van der Waals surface area contributed by atoms with Gasteiger partial charge >= 0.3 is 0 Å². The van der Waals surface area contributed by atoms with Crippen LogP contribution in [0.1, 0.15) is 17.4 Å². The van der Waals surface area contributed by atoms with Gasteiger partial charge in [0.05, 0.1) is 6.04 Å². The van der Waals surface area contributed by atoms with Gasteiger partial charge in [-0.05, 0) is 30.2 Å². The molecule has 1 heterocycles. The second kappa shape index (κ2) is 5.26. The first-order valence-electron chi connectivity index (χ1n) is 6.42. The van der Waals surface area contributed by atoms with Crippen molar-refractivity contribution >= 4 is 11.0 Å². The number of para-hydroxylation sites is 1. The Balaban J connectivity index is 1.92. The summed E-state index contributed by atoms with van der Waals surface area (Å²) in [4.78, 5) is 0. The summed E-state index contributed by atoms with van der Waals surface area (Å²) in [7, 11) is 0. The molecule has 0 aliphatic carbocycles. The lowest BCUT2D eigenvalue weighted by atomic mass is 10.0. The molecule has 1 unspecified atom stereocenters. The van der Waals surface area contributed by atoms with Gasteiger partial charge in [0.15, 0.2) is 23.0 Å². The maximum absolute atomic E-state index is 13.6. The smallest absolute Gasteiger partial charge is 0.169 e. The minimum absolute atomic E-state index is 0.0605. The van der Waals surface area contributed by atoms with E-state index in [1.165, 1.54) is 18.2 Å². The van der Waals surface area contributed by atoms with Crippen LogP contribution in [0.15, 0.2) is 46.9 Å². The molecule has 2 aromatic carbocycles. The number of nitrogens with two attached hydrogens (primary N) is 1. The second-order valence-corrected chi connectivity index (χ2v) is 4.83. The molecule has 0 radical (unpaired) electrons. The number of hydrogen-bond donors (Lipinski definition) is 1. The van der Waals surface area contributed by atoms with E-state index in [0.717, 1.165) is 6.07 Å². The van der Waals surface area contributed by atoms with Crippen molar-refractivity contribution in [1.82, 2.24) is 0 Å². The van der Waals surface area contributed by atoms with Crippen molar-refractivity contribution in [3.8, 4) is 0 Å². The van der Waals surface area contributed by atoms with Crippen LogP contribution in [0.3, 0.4) is 0 Å². The van der Waals surface area contributed by atoms with Crippen molar-refractivity contribution in [1.29, 1.82) is 0 Å². The molecular weight excluding hydrogens is 279 g/mol. The Hall–Kier alpha value is -2.27. The van der Waals surface area contributed by atoms with Crippen LogP contribution in [-0.2, 0) is 6.42 Å².